The molecule has 1 amide bonds. The first kappa shape index (κ1) is 18.0. The highest BCUT2D eigenvalue weighted by Crippen LogP contribution is 2.31. The Morgan fingerprint density at radius 1 is 1.13 bits per heavy atom. The smallest absolute Gasteiger partial charge is 0.256 e. The van der Waals surface area contributed by atoms with Gasteiger partial charge in [-0.3, -0.25) is 4.79 Å². The van der Waals surface area contributed by atoms with Crippen LogP contribution in [0, 0.1) is 0 Å². The molecule has 0 fully saturated rings. The average Bonchev–Trinajstić information content (AvgIpc) is 2.43. The van der Waals surface area contributed by atoms with E-state index < -0.39 is 15.9 Å². The minimum absolute atomic E-state index is 0.0839. The van der Waals surface area contributed by atoms with Crippen LogP contribution in [0.3, 0.4) is 0 Å². The minimum atomic E-state index is -3.93. The summed E-state index contributed by atoms with van der Waals surface area (Å²) in [6, 6.07) is 6.72. The molecular formula is C13H10BrCl2N3O3S. The molecule has 6 nitrogen and oxygen atoms in total. The molecule has 2 aromatic carbocycles. The van der Waals surface area contributed by atoms with Crippen LogP contribution in [0.25, 0.3) is 0 Å². The zero-order valence-electron chi connectivity index (χ0n) is 11.3. The summed E-state index contributed by atoms with van der Waals surface area (Å²) in [5.41, 5.74) is 6.21. The molecule has 2 aromatic rings. The number of carbonyl (C=O) groups excluding carboxylic acids is 1. The van der Waals surface area contributed by atoms with Crippen LogP contribution in [-0.2, 0) is 10.0 Å². The molecule has 0 aliphatic rings. The molecule has 0 unspecified atom stereocenters. The summed E-state index contributed by atoms with van der Waals surface area (Å²) in [6.07, 6.45) is 0. The van der Waals surface area contributed by atoms with Crippen molar-refractivity contribution in [2.24, 2.45) is 5.14 Å². The Morgan fingerprint density at radius 2 is 1.70 bits per heavy atom. The lowest BCUT2D eigenvalue weighted by Crippen LogP contribution is -2.16. The van der Waals surface area contributed by atoms with Crippen LogP contribution in [0.2, 0.25) is 10.0 Å². The van der Waals surface area contributed by atoms with Gasteiger partial charge in [-0.05, 0) is 46.3 Å². The van der Waals surface area contributed by atoms with Crippen LogP contribution in [0.5, 0.6) is 0 Å². The lowest BCUT2D eigenvalue weighted by molar-refractivity contribution is 0.102. The summed E-state index contributed by atoms with van der Waals surface area (Å²) in [7, 11) is -3.93. The number of amides is 1. The number of nitrogens with two attached hydrogens (primary N) is 2. The van der Waals surface area contributed by atoms with Gasteiger partial charge in [-0.1, -0.05) is 23.2 Å². The molecule has 5 N–H and O–H groups in total. The predicted octanol–water partition coefficient (Wildman–Crippen LogP) is 3.24. The molecule has 0 atom stereocenters. The zero-order chi connectivity index (χ0) is 17.4. The van der Waals surface area contributed by atoms with Gasteiger partial charge in [0, 0.05) is 10.2 Å². The summed E-state index contributed by atoms with van der Waals surface area (Å²) in [5.74, 6) is -0.570. The average molecular weight is 439 g/mol. The minimum Gasteiger partial charge on any atom is -0.396 e. The molecule has 10 heteroatoms. The van der Waals surface area contributed by atoms with E-state index in [1.54, 1.807) is 0 Å². The van der Waals surface area contributed by atoms with Crippen LogP contribution >= 0.6 is 39.1 Å². The largest absolute Gasteiger partial charge is 0.396 e. The number of halogens is 3. The number of nitrogens with one attached hydrogen (secondary N) is 1. The van der Waals surface area contributed by atoms with E-state index in [0.29, 0.717) is 10.2 Å². The Hall–Kier alpha value is -1.32. The summed E-state index contributed by atoms with van der Waals surface area (Å²) in [4.78, 5) is 12.1. The molecule has 0 aromatic heterocycles. The molecule has 0 aliphatic carbocycles. The first-order valence-corrected chi connectivity index (χ1v) is 9.07. The molecule has 2 rings (SSSR count). The van der Waals surface area contributed by atoms with Crippen molar-refractivity contribution in [1.29, 1.82) is 0 Å². The maximum Gasteiger partial charge on any atom is 0.256 e. The SMILES string of the molecule is Nc1c(Cl)cc(NC(=O)c2cc(S(N)(=O)=O)ccc2Br)cc1Cl. The van der Waals surface area contributed by atoms with E-state index in [1.807, 2.05) is 0 Å². The number of nitrogen functional groups attached to an aromatic ring is 1. The molecule has 0 saturated carbocycles. The zero-order valence-corrected chi connectivity index (χ0v) is 15.2. The van der Waals surface area contributed by atoms with Gasteiger partial charge in [0.2, 0.25) is 10.0 Å². The lowest BCUT2D eigenvalue weighted by Gasteiger charge is -2.10. The van der Waals surface area contributed by atoms with Crippen molar-refractivity contribution < 1.29 is 13.2 Å². The first-order valence-electron chi connectivity index (χ1n) is 5.98. The number of rotatable bonds is 3. The van der Waals surface area contributed by atoms with Gasteiger partial charge >= 0.3 is 0 Å². The third kappa shape index (κ3) is 4.15. The molecular weight excluding hydrogens is 429 g/mol. The van der Waals surface area contributed by atoms with Crippen molar-refractivity contribution in [3.8, 4) is 0 Å². The van der Waals surface area contributed by atoms with Crippen molar-refractivity contribution in [2.45, 2.75) is 4.90 Å². The normalized spacial score (nSPS) is 11.3. The molecule has 0 saturated heterocycles. The maximum atomic E-state index is 12.3. The Kier molecular flexibility index (Phi) is 5.22. The third-order valence-corrected chi connectivity index (χ3v) is 5.08. The third-order valence-electron chi connectivity index (χ3n) is 2.85. The van der Waals surface area contributed by atoms with Crippen LogP contribution in [0.15, 0.2) is 39.7 Å². The monoisotopic (exact) mass is 437 g/mol. The second-order valence-corrected chi connectivity index (χ2v) is 7.72. The molecule has 0 heterocycles. The van der Waals surface area contributed by atoms with Gasteiger partial charge in [-0.2, -0.15) is 0 Å². The Labute approximate surface area is 150 Å². The maximum absolute atomic E-state index is 12.3. The Morgan fingerprint density at radius 3 is 2.22 bits per heavy atom. The standard InChI is InChI=1S/C13H10BrCl2N3O3S/c14-9-2-1-7(23(18,21)22)5-8(9)13(20)19-6-3-10(15)12(17)11(16)4-6/h1-5H,17H2,(H,19,20)(H2,18,21,22). The van der Waals surface area contributed by atoms with Gasteiger partial charge in [0.25, 0.3) is 5.91 Å². The van der Waals surface area contributed by atoms with E-state index in [-0.39, 0.29) is 26.2 Å². The van der Waals surface area contributed by atoms with E-state index in [0.717, 1.165) is 6.07 Å². The summed E-state index contributed by atoms with van der Waals surface area (Å²) in [6.45, 7) is 0. The first-order chi connectivity index (χ1) is 10.6. The highest BCUT2D eigenvalue weighted by molar-refractivity contribution is 9.10. The second-order valence-electron chi connectivity index (χ2n) is 4.49. The van der Waals surface area contributed by atoms with Gasteiger partial charge in [-0.15, -0.1) is 0 Å². The summed E-state index contributed by atoms with van der Waals surface area (Å²) < 4.78 is 23.2. The van der Waals surface area contributed by atoms with E-state index >= 15 is 0 Å². The van der Waals surface area contributed by atoms with E-state index in [2.05, 4.69) is 21.2 Å². The van der Waals surface area contributed by atoms with E-state index in [4.69, 9.17) is 34.1 Å². The van der Waals surface area contributed by atoms with Crippen LogP contribution in [0.1, 0.15) is 10.4 Å². The number of hydrogen-bond acceptors (Lipinski definition) is 4. The van der Waals surface area contributed by atoms with Gasteiger partial charge in [0.15, 0.2) is 0 Å². The number of primary sulfonamides is 1. The molecule has 0 radical (unpaired) electrons. The van der Waals surface area contributed by atoms with E-state index in [9.17, 15) is 13.2 Å². The van der Waals surface area contributed by atoms with Gasteiger partial charge < -0.3 is 11.1 Å². The number of hydrogen-bond donors (Lipinski definition) is 3. The fraction of sp³-hybridized carbons (Fsp3) is 0. The summed E-state index contributed by atoms with van der Waals surface area (Å²) >= 11 is 15.0. The summed E-state index contributed by atoms with van der Waals surface area (Å²) in [5, 5.41) is 7.99. The molecule has 0 bridgehead atoms. The topological polar surface area (TPSA) is 115 Å². The van der Waals surface area contributed by atoms with Crippen molar-refractivity contribution >= 4 is 66.4 Å². The number of benzene rings is 2. The lowest BCUT2D eigenvalue weighted by atomic mass is 10.2. The highest BCUT2D eigenvalue weighted by atomic mass is 79.9. The van der Waals surface area contributed by atoms with Crippen LogP contribution < -0.4 is 16.2 Å². The number of anilines is 2. The highest BCUT2D eigenvalue weighted by Gasteiger charge is 2.16. The van der Waals surface area contributed by atoms with E-state index in [1.165, 1.54) is 24.3 Å². The number of carbonyl (C=O) groups is 1. The van der Waals surface area contributed by atoms with Gasteiger partial charge in [0.05, 0.1) is 26.2 Å². The van der Waals surface area contributed by atoms with Crippen LogP contribution in [-0.4, -0.2) is 14.3 Å². The van der Waals surface area contributed by atoms with Crippen LogP contribution in [0.4, 0.5) is 11.4 Å². The Bertz CT molecular complexity index is 880. The molecule has 122 valence electrons. The quantitative estimate of drug-likeness (QED) is 0.637. The van der Waals surface area contributed by atoms with Crippen molar-refractivity contribution in [2.75, 3.05) is 11.1 Å². The van der Waals surface area contributed by atoms with Crippen molar-refractivity contribution in [3.63, 3.8) is 0 Å². The molecule has 0 spiro atoms. The molecule has 0 aliphatic heterocycles. The number of sulfonamides is 1. The van der Waals surface area contributed by atoms with Gasteiger partial charge in [-0.25, -0.2) is 13.6 Å². The predicted molar refractivity (Wildman–Crippen MR) is 94.3 cm³/mol. The van der Waals surface area contributed by atoms with Crippen molar-refractivity contribution in [1.82, 2.24) is 0 Å². The fourth-order valence-electron chi connectivity index (χ4n) is 1.71. The fourth-order valence-corrected chi connectivity index (χ4v) is 3.16. The second kappa shape index (κ2) is 6.66. The Balaban J connectivity index is 2.38. The van der Waals surface area contributed by atoms with Gasteiger partial charge in [0.1, 0.15) is 0 Å². The molecule has 23 heavy (non-hydrogen) atoms. The van der Waals surface area contributed by atoms with Crippen molar-refractivity contribution in [3.05, 3.63) is 50.4 Å².